The van der Waals surface area contributed by atoms with Crippen LogP contribution in [-0.2, 0) is 6.54 Å². The maximum absolute atomic E-state index is 13.0. The second-order valence-corrected chi connectivity index (χ2v) is 8.08. The van der Waals surface area contributed by atoms with Gasteiger partial charge >= 0.3 is 6.18 Å². The van der Waals surface area contributed by atoms with Crippen molar-refractivity contribution < 1.29 is 13.2 Å². The Labute approximate surface area is 206 Å². The fourth-order valence-electron chi connectivity index (χ4n) is 4.08. The van der Waals surface area contributed by atoms with Gasteiger partial charge in [0.25, 0.3) is 0 Å². The number of rotatable bonds is 5. The van der Waals surface area contributed by atoms with Gasteiger partial charge in [0.15, 0.2) is 5.96 Å². The molecule has 0 radical (unpaired) electrons. The van der Waals surface area contributed by atoms with Crippen molar-refractivity contribution in [3.63, 3.8) is 0 Å². The molecule has 0 aromatic carbocycles. The van der Waals surface area contributed by atoms with E-state index in [-0.39, 0.29) is 24.0 Å². The third-order valence-electron chi connectivity index (χ3n) is 6.25. The summed E-state index contributed by atoms with van der Waals surface area (Å²) >= 11 is 0. The zero-order valence-corrected chi connectivity index (χ0v) is 21.4. The normalized spacial score (nSPS) is 20.1. The number of likely N-dealkylation sites (N-methyl/N-ethyl adjacent to an activating group) is 1. The van der Waals surface area contributed by atoms with Gasteiger partial charge in [0.1, 0.15) is 11.9 Å². The fraction of sp³-hybridized carbons (Fsp3) is 0.714. The van der Waals surface area contributed by atoms with Crippen LogP contribution in [0.2, 0.25) is 0 Å². The summed E-state index contributed by atoms with van der Waals surface area (Å²) in [5, 5.41) is 3.36. The van der Waals surface area contributed by atoms with Crippen molar-refractivity contribution >= 4 is 35.8 Å². The molecular formula is C21H35F3IN7. The van der Waals surface area contributed by atoms with E-state index in [9.17, 15) is 13.2 Å². The maximum Gasteiger partial charge on any atom is 0.403 e. The molecule has 0 bridgehead atoms. The first-order chi connectivity index (χ1) is 14.8. The van der Waals surface area contributed by atoms with Crippen molar-refractivity contribution in [3.8, 4) is 0 Å². The summed E-state index contributed by atoms with van der Waals surface area (Å²) in [5.41, 5.74) is 1.11. The molecule has 32 heavy (non-hydrogen) atoms. The number of nitrogens with zero attached hydrogens (tertiary/aromatic N) is 6. The highest BCUT2D eigenvalue weighted by Gasteiger charge is 2.41. The first kappa shape index (κ1) is 26.9. The molecule has 3 heterocycles. The Morgan fingerprint density at radius 2 is 1.78 bits per heavy atom. The zero-order chi connectivity index (χ0) is 22.4. The molecule has 11 heteroatoms. The van der Waals surface area contributed by atoms with E-state index in [1.165, 1.54) is 11.8 Å². The van der Waals surface area contributed by atoms with Crippen LogP contribution in [0.1, 0.15) is 19.4 Å². The molecular weight excluding hydrogens is 534 g/mol. The minimum absolute atomic E-state index is 0. The summed E-state index contributed by atoms with van der Waals surface area (Å²) < 4.78 is 38.9. The van der Waals surface area contributed by atoms with E-state index in [2.05, 4.69) is 38.1 Å². The smallest absolute Gasteiger partial charge is 0.354 e. The molecule has 0 saturated carbocycles. The number of hydrogen-bond acceptors (Lipinski definition) is 5. The van der Waals surface area contributed by atoms with Crippen LogP contribution < -0.4 is 10.2 Å². The van der Waals surface area contributed by atoms with Crippen LogP contribution in [0.4, 0.5) is 19.0 Å². The van der Waals surface area contributed by atoms with Gasteiger partial charge in [-0.05, 0) is 31.2 Å². The van der Waals surface area contributed by atoms with Gasteiger partial charge in [0.05, 0.1) is 0 Å². The van der Waals surface area contributed by atoms with Crippen LogP contribution in [0.25, 0.3) is 0 Å². The lowest BCUT2D eigenvalue weighted by molar-refractivity contribution is -0.181. The van der Waals surface area contributed by atoms with Crippen LogP contribution in [0.15, 0.2) is 23.3 Å². The SMILES string of the molecule is CCN1CCN(c2cc(CNC(=NC)N3CCN(C(C)C(F)(F)F)CC3)ccn2)CC1.I. The standard InChI is InChI=1S/C21H34F3N7.HI/c1-4-28-7-9-30(10-8-28)19-15-18(5-6-26-19)16-27-20(25-3)31-13-11-29(12-14-31)17(2)21(22,23)24;/h5-6,15,17H,4,7-14,16H2,1-3H3,(H,25,27);1H. The molecule has 1 aromatic rings. The van der Waals surface area contributed by atoms with Gasteiger partial charge in [-0.2, -0.15) is 13.2 Å². The van der Waals surface area contributed by atoms with Crippen molar-refractivity contribution in [1.82, 2.24) is 25.0 Å². The van der Waals surface area contributed by atoms with Crippen molar-refractivity contribution in [2.75, 3.05) is 70.9 Å². The topological polar surface area (TPSA) is 50.2 Å². The molecule has 1 N–H and O–H groups in total. The molecule has 2 fully saturated rings. The number of guanidine groups is 1. The molecule has 3 rings (SSSR count). The van der Waals surface area contributed by atoms with Crippen LogP contribution >= 0.6 is 24.0 Å². The zero-order valence-electron chi connectivity index (χ0n) is 19.1. The lowest BCUT2D eigenvalue weighted by atomic mass is 10.2. The number of pyridine rings is 1. The molecule has 0 amide bonds. The molecule has 1 atom stereocenters. The minimum Gasteiger partial charge on any atom is -0.354 e. The second-order valence-electron chi connectivity index (χ2n) is 8.08. The van der Waals surface area contributed by atoms with Crippen molar-refractivity contribution in [2.45, 2.75) is 32.6 Å². The molecule has 2 aliphatic rings. The molecule has 1 unspecified atom stereocenters. The highest BCUT2D eigenvalue weighted by molar-refractivity contribution is 14.0. The minimum atomic E-state index is -4.19. The maximum atomic E-state index is 13.0. The average Bonchev–Trinajstić information content (AvgIpc) is 2.79. The Bertz CT molecular complexity index is 730. The molecule has 0 aliphatic carbocycles. The van der Waals surface area contributed by atoms with Gasteiger partial charge in [-0.15, -0.1) is 24.0 Å². The molecule has 1 aromatic heterocycles. The van der Waals surface area contributed by atoms with E-state index >= 15 is 0 Å². The number of hydrogen-bond donors (Lipinski definition) is 1. The summed E-state index contributed by atoms with van der Waals surface area (Å²) in [5.74, 6) is 1.70. The quantitative estimate of drug-likeness (QED) is 0.334. The van der Waals surface area contributed by atoms with E-state index in [0.29, 0.717) is 38.7 Å². The van der Waals surface area contributed by atoms with Crippen LogP contribution in [0.5, 0.6) is 0 Å². The number of halogens is 4. The van der Waals surface area contributed by atoms with Crippen molar-refractivity contribution in [3.05, 3.63) is 23.9 Å². The van der Waals surface area contributed by atoms with Crippen LogP contribution in [0, 0.1) is 0 Å². The summed E-state index contributed by atoms with van der Waals surface area (Å²) in [6, 6.07) is 2.67. The number of aliphatic imine (C=N–C) groups is 1. The summed E-state index contributed by atoms with van der Waals surface area (Å²) in [4.78, 5) is 17.1. The molecule has 2 saturated heterocycles. The fourth-order valence-corrected chi connectivity index (χ4v) is 4.08. The summed E-state index contributed by atoms with van der Waals surface area (Å²) in [6.45, 7) is 10.9. The van der Waals surface area contributed by atoms with Crippen molar-refractivity contribution in [2.24, 2.45) is 4.99 Å². The number of piperazine rings is 2. The molecule has 0 spiro atoms. The molecule has 182 valence electrons. The first-order valence-corrected chi connectivity index (χ1v) is 11.0. The Morgan fingerprint density at radius 1 is 1.12 bits per heavy atom. The van der Waals surface area contributed by atoms with Crippen LogP contribution in [-0.4, -0.2) is 104 Å². The van der Waals surface area contributed by atoms with E-state index in [1.807, 2.05) is 17.2 Å². The summed E-state index contributed by atoms with van der Waals surface area (Å²) in [7, 11) is 1.71. The third kappa shape index (κ3) is 7.08. The average molecular weight is 569 g/mol. The molecule has 2 aliphatic heterocycles. The number of aromatic nitrogens is 1. The lowest BCUT2D eigenvalue weighted by Gasteiger charge is -2.39. The Hall–Kier alpha value is -1.34. The Morgan fingerprint density at radius 3 is 2.34 bits per heavy atom. The second kappa shape index (κ2) is 12.2. The van der Waals surface area contributed by atoms with E-state index in [1.54, 1.807) is 7.05 Å². The monoisotopic (exact) mass is 569 g/mol. The number of anilines is 1. The predicted octanol–water partition coefficient (Wildman–Crippen LogP) is 2.49. The lowest BCUT2D eigenvalue weighted by Crippen LogP contribution is -2.56. The Balaban J connectivity index is 0.00000363. The van der Waals surface area contributed by atoms with Crippen molar-refractivity contribution in [1.29, 1.82) is 0 Å². The van der Waals surface area contributed by atoms with E-state index in [0.717, 1.165) is 44.1 Å². The van der Waals surface area contributed by atoms with Gasteiger partial charge in [-0.25, -0.2) is 4.98 Å². The van der Waals surface area contributed by atoms with Gasteiger partial charge in [-0.3, -0.25) is 9.89 Å². The van der Waals surface area contributed by atoms with Gasteiger partial charge in [0.2, 0.25) is 0 Å². The number of alkyl halides is 3. The van der Waals surface area contributed by atoms with Gasteiger partial charge in [-0.1, -0.05) is 6.92 Å². The number of nitrogens with one attached hydrogen (secondary N) is 1. The van der Waals surface area contributed by atoms with E-state index < -0.39 is 12.2 Å². The largest absolute Gasteiger partial charge is 0.403 e. The predicted molar refractivity (Wildman–Crippen MR) is 133 cm³/mol. The van der Waals surface area contributed by atoms with Crippen LogP contribution in [0.3, 0.4) is 0 Å². The van der Waals surface area contributed by atoms with Gasteiger partial charge < -0.3 is 20.0 Å². The molecule has 7 nitrogen and oxygen atoms in total. The summed E-state index contributed by atoms with van der Waals surface area (Å²) in [6.07, 6.45) is -2.36. The Kier molecular flexibility index (Phi) is 10.3. The first-order valence-electron chi connectivity index (χ1n) is 11.0. The van der Waals surface area contributed by atoms with Gasteiger partial charge in [0, 0.05) is 72.1 Å². The highest BCUT2D eigenvalue weighted by Crippen LogP contribution is 2.25. The third-order valence-corrected chi connectivity index (χ3v) is 6.25. The van der Waals surface area contributed by atoms with E-state index in [4.69, 9.17) is 0 Å². The highest BCUT2D eigenvalue weighted by atomic mass is 127.